The molecule has 0 aliphatic rings. The van der Waals surface area contributed by atoms with Gasteiger partial charge in [-0.05, 0) is 30.5 Å². The van der Waals surface area contributed by atoms with E-state index in [2.05, 4.69) is 5.32 Å². The molecule has 4 nitrogen and oxygen atoms in total. The Balaban J connectivity index is 2.96. The first-order valence-corrected chi connectivity index (χ1v) is 8.18. The number of benzene rings is 1. The molecule has 6 heteroatoms. The van der Waals surface area contributed by atoms with E-state index in [0.29, 0.717) is 0 Å². The summed E-state index contributed by atoms with van der Waals surface area (Å²) < 4.78 is 22.4. The molecule has 1 N–H and O–H groups in total. The molecule has 19 heavy (non-hydrogen) atoms. The monoisotopic (exact) mass is 303 g/mol. The van der Waals surface area contributed by atoms with Crippen LogP contribution >= 0.6 is 10.7 Å². The minimum absolute atomic E-state index is 0.0451. The molecule has 0 saturated heterocycles. The van der Waals surface area contributed by atoms with Crippen LogP contribution in [0.5, 0.6) is 0 Å². The quantitative estimate of drug-likeness (QED) is 0.873. The van der Waals surface area contributed by atoms with Gasteiger partial charge in [-0.3, -0.25) is 4.79 Å². The van der Waals surface area contributed by atoms with E-state index in [1.165, 1.54) is 18.2 Å². The summed E-state index contributed by atoms with van der Waals surface area (Å²) in [5.74, 6) is -0.315. The van der Waals surface area contributed by atoms with Crippen molar-refractivity contribution >= 4 is 25.6 Å². The first kappa shape index (κ1) is 16.0. The number of hydrogen-bond acceptors (Lipinski definition) is 3. The predicted molar refractivity (Wildman–Crippen MR) is 75.9 cm³/mol. The molecule has 106 valence electrons. The highest BCUT2D eigenvalue weighted by molar-refractivity contribution is 8.13. The standard InChI is InChI=1S/C13H18ClNO3S/c1-9(13(2,3)4)15-12(16)10-6-5-7-11(8-10)19(14,17)18/h5-9H,1-4H3,(H,15,16). The molecule has 0 spiro atoms. The lowest BCUT2D eigenvalue weighted by atomic mass is 9.88. The highest BCUT2D eigenvalue weighted by Gasteiger charge is 2.22. The third-order valence-electron chi connectivity index (χ3n) is 3.02. The normalized spacial score (nSPS) is 13.9. The maximum absolute atomic E-state index is 12.0. The molecule has 0 aliphatic heterocycles. The van der Waals surface area contributed by atoms with E-state index in [-0.39, 0.29) is 27.8 Å². The van der Waals surface area contributed by atoms with Crippen LogP contribution in [0.3, 0.4) is 0 Å². The lowest BCUT2D eigenvalue weighted by Gasteiger charge is -2.28. The van der Waals surface area contributed by atoms with Crippen molar-refractivity contribution in [3.05, 3.63) is 29.8 Å². The number of carbonyl (C=O) groups is 1. The van der Waals surface area contributed by atoms with Gasteiger partial charge < -0.3 is 5.32 Å². The maximum atomic E-state index is 12.0. The summed E-state index contributed by atoms with van der Waals surface area (Å²) in [6.07, 6.45) is 0. The number of amides is 1. The number of rotatable bonds is 3. The zero-order valence-electron chi connectivity index (χ0n) is 11.4. The topological polar surface area (TPSA) is 63.2 Å². The summed E-state index contributed by atoms with van der Waals surface area (Å²) >= 11 is 0. The first-order valence-electron chi connectivity index (χ1n) is 5.87. The van der Waals surface area contributed by atoms with E-state index in [1.807, 2.05) is 27.7 Å². The molecule has 0 aromatic heterocycles. The Morgan fingerprint density at radius 3 is 2.37 bits per heavy atom. The smallest absolute Gasteiger partial charge is 0.261 e. The molecule has 1 aromatic carbocycles. The van der Waals surface area contributed by atoms with E-state index < -0.39 is 9.05 Å². The first-order chi connectivity index (χ1) is 8.51. The summed E-state index contributed by atoms with van der Waals surface area (Å²) in [7, 11) is 1.43. The van der Waals surface area contributed by atoms with Gasteiger partial charge in [0.2, 0.25) is 0 Å². The number of nitrogens with one attached hydrogen (secondary N) is 1. The van der Waals surface area contributed by atoms with Crippen LogP contribution in [0.15, 0.2) is 29.2 Å². The summed E-state index contributed by atoms with van der Waals surface area (Å²) in [6, 6.07) is 5.62. The lowest BCUT2D eigenvalue weighted by molar-refractivity contribution is 0.0910. The molecular formula is C13H18ClNO3S. The molecule has 0 bridgehead atoms. The fourth-order valence-electron chi connectivity index (χ4n) is 1.29. The van der Waals surface area contributed by atoms with Crippen molar-refractivity contribution < 1.29 is 13.2 Å². The van der Waals surface area contributed by atoms with Gasteiger partial charge >= 0.3 is 0 Å². The second-order valence-corrected chi connectivity index (χ2v) is 8.09. The lowest BCUT2D eigenvalue weighted by Crippen LogP contribution is -2.41. The highest BCUT2D eigenvalue weighted by atomic mass is 35.7. The molecule has 1 unspecified atom stereocenters. The summed E-state index contributed by atoms with van der Waals surface area (Å²) in [4.78, 5) is 12.0. The third kappa shape index (κ3) is 4.51. The van der Waals surface area contributed by atoms with Gasteiger partial charge in [0.1, 0.15) is 0 Å². The molecule has 0 radical (unpaired) electrons. The molecule has 0 fully saturated rings. The average Bonchev–Trinajstić information content (AvgIpc) is 2.26. The molecule has 0 heterocycles. The highest BCUT2D eigenvalue weighted by Crippen LogP contribution is 2.20. The Labute approximate surface area is 118 Å². The molecule has 1 aromatic rings. The minimum Gasteiger partial charge on any atom is -0.349 e. The Kier molecular flexibility index (Phi) is 4.63. The summed E-state index contributed by atoms with van der Waals surface area (Å²) in [5.41, 5.74) is 0.198. The van der Waals surface area contributed by atoms with Crippen molar-refractivity contribution in [1.82, 2.24) is 5.32 Å². The van der Waals surface area contributed by atoms with Crippen molar-refractivity contribution in [2.75, 3.05) is 0 Å². The van der Waals surface area contributed by atoms with Crippen LogP contribution < -0.4 is 5.32 Å². The number of hydrogen-bond donors (Lipinski definition) is 1. The second-order valence-electron chi connectivity index (χ2n) is 5.53. The predicted octanol–water partition coefficient (Wildman–Crippen LogP) is 2.78. The molecule has 1 amide bonds. The van der Waals surface area contributed by atoms with E-state index in [4.69, 9.17) is 10.7 Å². The minimum atomic E-state index is -3.82. The van der Waals surface area contributed by atoms with E-state index >= 15 is 0 Å². The molecular weight excluding hydrogens is 286 g/mol. The van der Waals surface area contributed by atoms with Crippen LogP contribution in [-0.2, 0) is 9.05 Å². The van der Waals surface area contributed by atoms with Gasteiger partial charge in [0.05, 0.1) is 4.90 Å². The van der Waals surface area contributed by atoms with Crippen LogP contribution in [0, 0.1) is 5.41 Å². The van der Waals surface area contributed by atoms with Crippen molar-refractivity contribution in [3.8, 4) is 0 Å². The summed E-state index contributed by atoms with van der Waals surface area (Å²) in [5, 5.41) is 2.84. The van der Waals surface area contributed by atoms with E-state index in [1.54, 1.807) is 6.07 Å². The summed E-state index contributed by atoms with van der Waals surface area (Å²) in [6.45, 7) is 7.94. The van der Waals surface area contributed by atoms with Gasteiger partial charge in [-0.25, -0.2) is 8.42 Å². The van der Waals surface area contributed by atoms with Crippen LogP contribution in [-0.4, -0.2) is 20.4 Å². The van der Waals surface area contributed by atoms with Gasteiger partial charge in [-0.1, -0.05) is 26.8 Å². The number of carbonyl (C=O) groups excluding carboxylic acids is 1. The largest absolute Gasteiger partial charge is 0.349 e. The van der Waals surface area contributed by atoms with Gasteiger partial charge in [0, 0.05) is 22.3 Å². The van der Waals surface area contributed by atoms with Crippen LogP contribution in [0.2, 0.25) is 0 Å². The fraction of sp³-hybridized carbons (Fsp3) is 0.462. The van der Waals surface area contributed by atoms with E-state index in [9.17, 15) is 13.2 Å². The van der Waals surface area contributed by atoms with Crippen molar-refractivity contribution in [1.29, 1.82) is 0 Å². The molecule has 1 rings (SSSR count). The van der Waals surface area contributed by atoms with Crippen molar-refractivity contribution in [2.24, 2.45) is 5.41 Å². The Bertz CT molecular complexity index is 576. The average molecular weight is 304 g/mol. The van der Waals surface area contributed by atoms with Crippen LogP contribution in [0.4, 0.5) is 0 Å². The van der Waals surface area contributed by atoms with Gasteiger partial charge in [0.15, 0.2) is 0 Å². The Hall–Kier alpha value is -1.07. The maximum Gasteiger partial charge on any atom is 0.261 e. The fourth-order valence-corrected chi connectivity index (χ4v) is 2.08. The Morgan fingerprint density at radius 1 is 1.32 bits per heavy atom. The van der Waals surface area contributed by atoms with Crippen LogP contribution in [0.1, 0.15) is 38.1 Å². The molecule has 0 saturated carbocycles. The van der Waals surface area contributed by atoms with Gasteiger partial charge in [0.25, 0.3) is 15.0 Å². The second kappa shape index (κ2) is 5.51. The Morgan fingerprint density at radius 2 is 1.89 bits per heavy atom. The van der Waals surface area contributed by atoms with E-state index in [0.717, 1.165) is 0 Å². The number of halogens is 1. The SMILES string of the molecule is CC(NC(=O)c1cccc(S(=O)(=O)Cl)c1)C(C)(C)C. The molecule has 0 aliphatic carbocycles. The van der Waals surface area contributed by atoms with Gasteiger partial charge in [-0.2, -0.15) is 0 Å². The third-order valence-corrected chi connectivity index (χ3v) is 4.38. The zero-order chi connectivity index (χ0) is 14.8. The molecule has 1 atom stereocenters. The van der Waals surface area contributed by atoms with Crippen LogP contribution in [0.25, 0.3) is 0 Å². The van der Waals surface area contributed by atoms with Crippen molar-refractivity contribution in [3.63, 3.8) is 0 Å². The zero-order valence-corrected chi connectivity index (χ0v) is 13.0. The van der Waals surface area contributed by atoms with Crippen molar-refractivity contribution in [2.45, 2.75) is 38.6 Å². The van der Waals surface area contributed by atoms with Gasteiger partial charge in [-0.15, -0.1) is 0 Å².